The van der Waals surface area contributed by atoms with Crippen molar-refractivity contribution in [1.82, 2.24) is 0 Å². The molecule has 0 aliphatic heterocycles. The summed E-state index contributed by atoms with van der Waals surface area (Å²) in [5, 5.41) is 0. The van der Waals surface area contributed by atoms with Crippen LogP contribution in [0.2, 0.25) is 11.6 Å². The zero-order chi connectivity index (χ0) is 6.57. The first kappa shape index (κ1) is 8.95. The van der Waals surface area contributed by atoms with Crippen LogP contribution in [-0.2, 0) is 0 Å². The highest BCUT2D eigenvalue weighted by Crippen LogP contribution is 2.21. The minimum atomic E-state index is -0.305. The van der Waals surface area contributed by atoms with Crippen LogP contribution in [0.4, 0.5) is 0 Å². The van der Waals surface area contributed by atoms with E-state index in [1.807, 2.05) is 0 Å². The van der Waals surface area contributed by atoms with Crippen LogP contribution in [0, 0.1) is 0 Å². The normalized spacial score (nSPS) is 18.0. The molecule has 0 aromatic carbocycles. The Morgan fingerprint density at radius 2 is 2.00 bits per heavy atom. The molecule has 0 aliphatic carbocycles. The van der Waals surface area contributed by atoms with E-state index in [4.69, 9.17) is 0 Å². The Labute approximate surface area is 66.9 Å². The lowest BCUT2D eigenvalue weighted by Crippen LogP contribution is -2.06. The molecule has 2 atom stereocenters. The average Bonchev–Trinajstić information content (AvgIpc) is 1.84. The SMILES string of the molecule is CCC(C)[SiH](I)CC. The lowest BCUT2D eigenvalue weighted by molar-refractivity contribution is 0.864. The smallest absolute Gasteiger partial charge is 0.112 e. The maximum absolute atomic E-state index is 2.67. The first-order valence-electron chi connectivity index (χ1n) is 3.36. The second kappa shape index (κ2) is 4.79. The van der Waals surface area contributed by atoms with Gasteiger partial charge >= 0.3 is 0 Å². The highest BCUT2D eigenvalue weighted by Gasteiger charge is 2.09. The van der Waals surface area contributed by atoms with Gasteiger partial charge in [0.2, 0.25) is 0 Å². The van der Waals surface area contributed by atoms with Gasteiger partial charge in [0.1, 0.15) is 6.29 Å². The fourth-order valence-corrected chi connectivity index (χ4v) is 3.50. The molecule has 0 amide bonds. The van der Waals surface area contributed by atoms with Gasteiger partial charge in [-0.15, -0.1) is 21.8 Å². The molecule has 2 heteroatoms. The van der Waals surface area contributed by atoms with Gasteiger partial charge in [-0.2, -0.15) is 0 Å². The van der Waals surface area contributed by atoms with Crippen molar-refractivity contribution >= 4 is 28.1 Å². The van der Waals surface area contributed by atoms with Crippen molar-refractivity contribution in [2.45, 2.75) is 38.8 Å². The van der Waals surface area contributed by atoms with E-state index in [1.54, 1.807) is 0 Å². The quantitative estimate of drug-likeness (QED) is 0.405. The molecule has 0 rings (SSSR count). The summed E-state index contributed by atoms with van der Waals surface area (Å²) in [6.45, 7) is 6.99. The van der Waals surface area contributed by atoms with Crippen molar-refractivity contribution in [3.8, 4) is 0 Å². The molecule has 50 valence electrons. The zero-order valence-electron chi connectivity index (χ0n) is 5.95. The van der Waals surface area contributed by atoms with Crippen molar-refractivity contribution in [3.05, 3.63) is 0 Å². The van der Waals surface area contributed by atoms with E-state index < -0.39 is 0 Å². The first-order valence-corrected chi connectivity index (χ1v) is 9.02. The Morgan fingerprint density at radius 3 is 2.12 bits per heavy atom. The summed E-state index contributed by atoms with van der Waals surface area (Å²) in [5.41, 5.74) is 1.04. The van der Waals surface area contributed by atoms with Crippen LogP contribution in [0.5, 0.6) is 0 Å². The highest BCUT2D eigenvalue weighted by molar-refractivity contribution is 14.1. The minimum absolute atomic E-state index is 0.305. The van der Waals surface area contributed by atoms with Crippen LogP contribution >= 0.6 is 21.8 Å². The van der Waals surface area contributed by atoms with E-state index in [9.17, 15) is 0 Å². The van der Waals surface area contributed by atoms with Crippen LogP contribution < -0.4 is 0 Å². The van der Waals surface area contributed by atoms with Crippen LogP contribution in [0.1, 0.15) is 27.2 Å². The van der Waals surface area contributed by atoms with Gasteiger partial charge in [-0.05, 0) is 5.54 Å². The molecule has 8 heavy (non-hydrogen) atoms. The molecule has 0 saturated carbocycles. The van der Waals surface area contributed by atoms with E-state index in [2.05, 4.69) is 42.6 Å². The van der Waals surface area contributed by atoms with Crippen LogP contribution in [0.25, 0.3) is 0 Å². The third kappa shape index (κ3) is 3.07. The topological polar surface area (TPSA) is 0 Å². The summed E-state index contributed by atoms with van der Waals surface area (Å²) >= 11 is 2.67. The van der Waals surface area contributed by atoms with Crippen molar-refractivity contribution in [2.24, 2.45) is 0 Å². The molecule has 0 bridgehead atoms. The predicted octanol–water partition coefficient (Wildman–Crippen LogP) is 2.97. The van der Waals surface area contributed by atoms with E-state index in [-0.39, 0.29) is 6.29 Å². The van der Waals surface area contributed by atoms with E-state index in [1.165, 1.54) is 12.5 Å². The van der Waals surface area contributed by atoms with Crippen molar-refractivity contribution in [2.75, 3.05) is 0 Å². The average molecular weight is 242 g/mol. The standard InChI is InChI=1S/C6H15ISi/c1-4-6(3)8(7)5-2/h6,8H,4-5H2,1-3H3. The Hall–Kier alpha value is 0.947. The van der Waals surface area contributed by atoms with Crippen LogP contribution in [-0.4, -0.2) is 6.29 Å². The molecule has 0 radical (unpaired) electrons. The van der Waals surface area contributed by atoms with Gasteiger partial charge < -0.3 is 0 Å². The molecule has 0 aromatic heterocycles. The molecule has 0 N–H and O–H groups in total. The third-order valence-electron chi connectivity index (χ3n) is 1.65. The molecule has 0 heterocycles. The molecule has 0 aromatic rings. The van der Waals surface area contributed by atoms with Crippen LogP contribution in [0.3, 0.4) is 0 Å². The van der Waals surface area contributed by atoms with Gasteiger partial charge in [-0.3, -0.25) is 0 Å². The van der Waals surface area contributed by atoms with Crippen molar-refractivity contribution in [3.63, 3.8) is 0 Å². The number of halogens is 1. The maximum Gasteiger partial charge on any atom is 0.112 e. The fourth-order valence-electron chi connectivity index (χ4n) is 0.658. The molecule has 0 saturated heterocycles. The highest BCUT2D eigenvalue weighted by atomic mass is 127. The van der Waals surface area contributed by atoms with Gasteiger partial charge in [0, 0.05) is 0 Å². The number of hydrogen-bond donors (Lipinski definition) is 0. The second-order valence-electron chi connectivity index (χ2n) is 2.31. The Kier molecular flexibility index (Phi) is 5.36. The fraction of sp³-hybridized carbons (Fsp3) is 1.00. The van der Waals surface area contributed by atoms with Crippen molar-refractivity contribution in [1.29, 1.82) is 0 Å². The lowest BCUT2D eigenvalue weighted by atomic mass is 10.4. The van der Waals surface area contributed by atoms with Gasteiger partial charge in [-0.1, -0.05) is 33.2 Å². The summed E-state index contributed by atoms with van der Waals surface area (Å²) in [7, 11) is 0. The summed E-state index contributed by atoms with van der Waals surface area (Å²) in [6, 6.07) is 1.45. The monoisotopic (exact) mass is 242 g/mol. The Morgan fingerprint density at radius 1 is 1.50 bits per heavy atom. The second-order valence-corrected chi connectivity index (χ2v) is 10.1. The molecule has 0 aliphatic rings. The van der Waals surface area contributed by atoms with E-state index in [0.717, 1.165) is 5.54 Å². The van der Waals surface area contributed by atoms with Gasteiger partial charge in [-0.25, -0.2) is 0 Å². The maximum atomic E-state index is 2.67. The molecule has 0 nitrogen and oxygen atoms in total. The number of hydrogen-bond acceptors (Lipinski definition) is 0. The summed E-state index contributed by atoms with van der Waals surface area (Å²) in [6.07, 6.45) is 1.08. The number of rotatable bonds is 3. The molecular formula is C6H15ISi. The Bertz CT molecular complexity index is 48.5. The lowest BCUT2D eigenvalue weighted by Gasteiger charge is -2.10. The summed E-state index contributed by atoms with van der Waals surface area (Å²) in [5.74, 6) is 0. The predicted molar refractivity (Wildman–Crippen MR) is 51.4 cm³/mol. The van der Waals surface area contributed by atoms with E-state index >= 15 is 0 Å². The van der Waals surface area contributed by atoms with E-state index in [0.29, 0.717) is 0 Å². The van der Waals surface area contributed by atoms with Gasteiger partial charge in [0.05, 0.1) is 0 Å². The van der Waals surface area contributed by atoms with Crippen molar-refractivity contribution < 1.29 is 0 Å². The third-order valence-corrected chi connectivity index (χ3v) is 10.5. The largest absolute Gasteiger partial charge is 0.123 e. The molecule has 0 fully saturated rings. The molecule has 0 spiro atoms. The Balaban J connectivity index is 3.29. The van der Waals surface area contributed by atoms with Gasteiger partial charge in [0.25, 0.3) is 0 Å². The van der Waals surface area contributed by atoms with Gasteiger partial charge in [0.15, 0.2) is 0 Å². The zero-order valence-corrected chi connectivity index (χ0v) is 9.26. The first-order chi connectivity index (χ1) is 3.72. The minimum Gasteiger partial charge on any atom is -0.123 e. The summed E-state index contributed by atoms with van der Waals surface area (Å²) in [4.78, 5) is 0. The molecular weight excluding hydrogens is 227 g/mol. The van der Waals surface area contributed by atoms with Crippen LogP contribution in [0.15, 0.2) is 0 Å². The summed E-state index contributed by atoms with van der Waals surface area (Å²) < 4.78 is 0. The molecule has 2 unspecified atom stereocenters.